The van der Waals surface area contributed by atoms with Crippen LogP contribution in [0.2, 0.25) is 0 Å². The molecule has 0 saturated carbocycles. The molecule has 28 heavy (non-hydrogen) atoms. The van der Waals surface area contributed by atoms with E-state index >= 15 is 0 Å². The molecule has 9 nitrogen and oxygen atoms in total. The van der Waals surface area contributed by atoms with Gasteiger partial charge in [0.1, 0.15) is 22.9 Å². The Bertz CT molecular complexity index is 1160. The maximum atomic E-state index is 12.7. The smallest absolute Gasteiger partial charge is 0.272 e. The van der Waals surface area contributed by atoms with Gasteiger partial charge in [-0.1, -0.05) is 0 Å². The molecule has 0 radical (unpaired) electrons. The van der Waals surface area contributed by atoms with Gasteiger partial charge in [-0.05, 0) is 53.7 Å². The van der Waals surface area contributed by atoms with E-state index in [0.717, 1.165) is 16.7 Å². The molecule has 2 N–H and O–H groups in total. The number of aromatic nitrogens is 5. The van der Waals surface area contributed by atoms with Crippen molar-refractivity contribution in [2.24, 2.45) is 0 Å². The van der Waals surface area contributed by atoms with Gasteiger partial charge in [0, 0.05) is 22.7 Å². The van der Waals surface area contributed by atoms with Gasteiger partial charge in [0.15, 0.2) is 5.82 Å². The van der Waals surface area contributed by atoms with Gasteiger partial charge in [-0.15, -0.1) is 5.10 Å². The van der Waals surface area contributed by atoms with E-state index in [2.05, 4.69) is 25.8 Å². The summed E-state index contributed by atoms with van der Waals surface area (Å²) in [5.41, 5.74) is 2.49. The summed E-state index contributed by atoms with van der Waals surface area (Å²) in [6.45, 7) is 1.78. The Balaban J connectivity index is 1.64. The lowest BCUT2D eigenvalue weighted by Crippen LogP contribution is -2.13. The van der Waals surface area contributed by atoms with Crippen molar-refractivity contribution >= 4 is 22.5 Å². The lowest BCUT2D eigenvalue weighted by atomic mass is 10.2. The van der Waals surface area contributed by atoms with Gasteiger partial charge in [-0.25, -0.2) is 0 Å². The number of nitrogens with one attached hydrogen (secondary N) is 2. The number of carbonyl (C=O) groups is 1. The summed E-state index contributed by atoms with van der Waals surface area (Å²) in [7, 11) is 3.17. The SMILES string of the molecule is COc1ccc2cc(C(=O)Nc3ccc(OC)c(-n4nnnc4C)c3)[nH]c2c1. The monoisotopic (exact) mass is 378 g/mol. The Morgan fingerprint density at radius 3 is 2.68 bits per heavy atom. The lowest BCUT2D eigenvalue weighted by molar-refractivity contribution is 0.102. The van der Waals surface area contributed by atoms with E-state index < -0.39 is 0 Å². The first-order valence-electron chi connectivity index (χ1n) is 8.50. The number of H-pyrrole nitrogens is 1. The first kappa shape index (κ1) is 17.5. The van der Waals surface area contributed by atoms with Gasteiger partial charge >= 0.3 is 0 Å². The van der Waals surface area contributed by atoms with Crippen LogP contribution in [-0.2, 0) is 0 Å². The zero-order valence-corrected chi connectivity index (χ0v) is 15.6. The van der Waals surface area contributed by atoms with E-state index in [9.17, 15) is 4.79 Å². The average Bonchev–Trinajstić information content (AvgIpc) is 3.33. The van der Waals surface area contributed by atoms with Crippen molar-refractivity contribution in [1.82, 2.24) is 25.2 Å². The number of methoxy groups -OCH3 is 2. The zero-order valence-electron chi connectivity index (χ0n) is 15.6. The molecular formula is C19H18N6O3. The second-order valence-corrected chi connectivity index (χ2v) is 6.11. The molecule has 0 unspecified atom stereocenters. The Morgan fingerprint density at radius 1 is 1.11 bits per heavy atom. The molecule has 0 aliphatic rings. The van der Waals surface area contributed by atoms with Crippen LogP contribution in [0.25, 0.3) is 16.6 Å². The van der Waals surface area contributed by atoms with E-state index in [4.69, 9.17) is 9.47 Å². The second kappa shape index (κ2) is 7.03. The molecule has 2 aromatic heterocycles. The summed E-state index contributed by atoms with van der Waals surface area (Å²) in [5, 5.41) is 15.3. The van der Waals surface area contributed by atoms with Crippen molar-refractivity contribution in [3.05, 3.63) is 54.0 Å². The number of hydrogen-bond acceptors (Lipinski definition) is 6. The van der Waals surface area contributed by atoms with Crippen LogP contribution in [0.3, 0.4) is 0 Å². The third kappa shape index (κ3) is 3.13. The predicted molar refractivity (Wildman–Crippen MR) is 103 cm³/mol. The first-order chi connectivity index (χ1) is 13.6. The normalized spacial score (nSPS) is 10.8. The molecule has 0 aliphatic carbocycles. The zero-order chi connectivity index (χ0) is 19.7. The van der Waals surface area contributed by atoms with Crippen molar-refractivity contribution in [3.63, 3.8) is 0 Å². The minimum Gasteiger partial charge on any atom is -0.497 e. The van der Waals surface area contributed by atoms with Gasteiger partial charge in [0.25, 0.3) is 5.91 Å². The van der Waals surface area contributed by atoms with Gasteiger partial charge < -0.3 is 19.8 Å². The number of aromatic amines is 1. The fraction of sp³-hybridized carbons (Fsp3) is 0.158. The van der Waals surface area contributed by atoms with E-state index in [1.165, 1.54) is 0 Å². The second-order valence-electron chi connectivity index (χ2n) is 6.11. The van der Waals surface area contributed by atoms with Crippen LogP contribution < -0.4 is 14.8 Å². The average molecular weight is 378 g/mol. The van der Waals surface area contributed by atoms with Gasteiger partial charge in [-0.2, -0.15) is 4.68 Å². The number of benzene rings is 2. The molecule has 0 atom stereocenters. The Hall–Kier alpha value is -3.88. The van der Waals surface area contributed by atoms with Gasteiger partial charge in [-0.3, -0.25) is 4.79 Å². The maximum Gasteiger partial charge on any atom is 0.272 e. The van der Waals surface area contributed by atoms with Crippen molar-refractivity contribution in [1.29, 1.82) is 0 Å². The number of carbonyl (C=O) groups excluding carboxylic acids is 1. The number of fused-ring (bicyclic) bond motifs is 1. The fourth-order valence-corrected chi connectivity index (χ4v) is 2.94. The van der Waals surface area contributed by atoms with Crippen LogP contribution in [0.4, 0.5) is 5.69 Å². The third-order valence-electron chi connectivity index (χ3n) is 4.36. The van der Waals surface area contributed by atoms with Crippen LogP contribution in [0, 0.1) is 6.92 Å². The van der Waals surface area contributed by atoms with E-state index in [0.29, 0.717) is 28.6 Å². The van der Waals surface area contributed by atoms with Crippen molar-refractivity contribution in [3.8, 4) is 17.2 Å². The van der Waals surface area contributed by atoms with E-state index in [1.54, 1.807) is 50.1 Å². The summed E-state index contributed by atoms with van der Waals surface area (Å²) in [4.78, 5) is 15.8. The fourth-order valence-electron chi connectivity index (χ4n) is 2.94. The number of aryl methyl sites for hydroxylation is 1. The predicted octanol–water partition coefficient (Wildman–Crippen LogP) is 2.72. The molecule has 4 aromatic rings. The molecule has 142 valence electrons. The largest absolute Gasteiger partial charge is 0.497 e. The third-order valence-corrected chi connectivity index (χ3v) is 4.36. The highest BCUT2D eigenvalue weighted by molar-refractivity contribution is 6.06. The number of amides is 1. The summed E-state index contributed by atoms with van der Waals surface area (Å²) < 4.78 is 12.1. The highest BCUT2D eigenvalue weighted by Crippen LogP contribution is 2.27. The van der Waals surface area contributed by atoms with Gasteiger partial charge in [0.05, 0.1) is 14.2 Å². The highest BCUT2D eigenvalue weighted by atomic mass is 16.5. The molecule has 0 aliphatic heterocycles. The molecule has 0 bridgehead atoms. The Kier molecular flexibility index (Phi) is 4.40. The minimum absolute atomic E-state index is 0.264. The maximum absolute atomic E-state index is 12.7. The van der Waals surface area contributed by atoms with Crippen LogP contribution in [0.15, 0.2) is 42.5 Å². The number of nitrogens with zero attached hydrogens (tertiary/aromatic N) is 4. The number of hydrogen-bond donors (Lipinski definition) is 2. The molecule has 0 spiro atoms. The lowest BCUT2D eigenvalue weighted by Gasteiger charge is -2.11. The van der Waals surface area contributed by atoms with Crippen molar-refractivity contribution < 1.29 is 14.3 Å². The quantitative estimate of drug-likeness (QED) is 0.553. The topological polar surface area (TPSA) is 107 Å². The molecule has 2 heterocycles. The van der Waals surface area contributed by atoms with Crippen LogP contribution in [0.5, 0.6) is 11.5 Å². The molecule has 2 aromatic carbocycles. The van der Waals surface area contributed by atoms with Crippen molar-refractivity contribution in [2.45, 2.75) is 6.92 Å². The summed E-state index contributed by atoms with van der Waals surface area (Å²) in [6, 6.07) is 12.6. The number of tetrazole rings is 1. The summed E-state index contributed by atoms with van der Waals surface area (Å²) in [5.74, 6) is 1.65. The first-order valence-corrected chi connectivity index (χ1v) is 8.50. The standard InChI is InChI=1S/C19H18N6O3/c1-11-22-23-24-25(11)17-9-13(5-7-18(17)28-3)20-19(26)16-8-12-4-6-14(27-2)10-15(12)21-16/h4-10,21H,1-3H3,(H,20,26). The van der Waals surface area contributed by atoms with E-state index in [-0.39, 0.29) is 5.91 Å². The molecular weight excluding hydrogens is 360 g/mol. The molecule has 0 fully saturated rings. The van der Waals surface area contributed by atoms with Crippen LogP contribution >= 0.6 is 0 Å². The Morgan fingerprint density at radius 2 is 1.96 bits per heavy atom. The summed E-state index contributed by atoms with van der Waals surface area (Å²) in [6.07, 6.45) is 0. The molecule has 0 saturated heterocycles. The van der Waals surface area contributed by atoms with E-state index in [1.807, 2.05) is 18.2 Å². The van der Waals surface area contributed by atoms with Crippen LogP contribution in [-0.4, -0.2) is 45.3 Å². The van der Waals surface area contributed by atoms with Crippen LogP contribution in [0.1, 0.15) is 16.3 Å². The molecule has 1 amide bonds. The highest BCUT2D eigenvalue weighted by Gasteiger charge is 2.14. The van der Waals surface area contributed by atoms with Gasteiger partial charge in [0.2, 0.25) is 0 Å². The number of rotatable bonds is 5. The van der Waals surface area contributed by atoms with Crippen molar-refractivity contribution in [2.75, 3.05) is 19.5 Å². The summed E-state index contributed by atoms with van der Waals surface area (Å²) >= 11 is 0. The molecule has 9 heteroatoms. The number of ether oxygens (including phenoxy) is 2. The Labute approximate surface area is 160 Å². The molecule has 4 rings (SSSR count). The minimum atomic E-state index is -0.264. The number of anilines is 1.